The zero-order valence-electron chi connectivity index (χ0n) is 24.4. The number of nitrogens with zero attached hydrogens (tertiary/aromatic N) is 4. The first-order valence-corrected chi connectivity index (χ1v) is 16.0. The van der Waals surface area contributed by atoms with E-state index in [4.69, 9.17) is 11.6 Å². The maximum atomic E-state index is 13.5. The summed E-state index contributed by atoms with van der Waals surface area (Å²) in [4.78, 5) is 44.9. The first kappa shape index (κ1) is 32.5. The number of likely N-dealkylation sites (N-methyl/N-ethyl adjacent to an activating group) is 1. The minimum absolute atomic E-state index is 0. The molecule has 0 aliphatic carbocycles. The zero-order chi connectivity index (χ0) is 29.7. The molecule has 13 heteroatoms. The highest BCUT2D eigenvalue weighted by molar-refractivity contribution is 7.89. The van der Waals surface area contributed by atoms with Crippen LogP contribution in [0.4, 0.5) is 0 Å². The predicted octanol–water partition coefficient (Wildman–Crippen LogP) is -1.22. The normalized spacial score (nSPS) is 23.6. The molecule has 2 bridgehead atoms. The van der Waals surface area contributed by atoms with Gasteiger partial charge in [0.25, 0.3) is 5.91 Å². The van der Waals surface area contributed by atoms with Crippen molar-refractivity contribution in [3.63, 3.8) is 0 Å². The number of amides is 3. The molecule has 0 saturated carbocycles. The molecular weight excluding hydrogens is 601 g/mol. The summed E-state index contributed by atoms with van der Waals surface area (Å²) in [5.74, 6) is 0.0421. The van der Waals surface area contributed by atoms with E-state index < -0.39 is 28.0 Å². The van der Waals surface area contributed by atoms with Crippen LogP contribution in [0.5, 0.6) is 0 Å². The van der Waals surface area contributed by atoms with Crippen LogP contribution in [0.2, 0.25) is 5.02 Å². The van der Waals surface area contributed by atoms with Crippen LogP contribution in [-0.4, -0.2) is 118 Å². The second kappa shape index (κ2) is 12.3. The van der Waals surface area contributed by atoms with Crippen molar-refractivity contribution < 1.29 is 39.7 Å². The number of carbonyl (C=O) groups is 3. The van der Waals surface area contributed by atoms with Gasteiger partial charge in [0.1, 0.15) is 12.1 Å². The van der Waals surface area contributed by atoms with E-state index >= 15 is 0 Å². The van der Waals surface area contributed by atoms with E-state index in [9.17, 15) is 22.8 Å². The van der Waals surface area contributed by atoms with Gasteiger partial charge in [-0.1, -0.05) is 23.7 Å². The summed E-state index contributed by atoms with van der Waals surface area (Å²) in [5, 5.41) is 2.10. The van der Waals surface area contributed by atoms with Gasteiger partial charge in [0.2, 0.25) is 21.8 Å². The molecular formula is C29H39Cl2N5O5S. The molecule has 3 heterocycles. The van der Waals surface area contributed by atoms with Crippen molar-refractivity contribution >= 4 is 50.1 Å². The van der Waals surface area contributed by atoms with Gasteiger partial charge in [-0.25, -0.2) is 8.42 Å². The highest BCUT2D eigenvalue weighted by Crippen LogP contribution is 2.30. The summed E-state index contributed by atoms with van der Waals surface area (Å²) < 4.78 is 29.4. The first-order valence-electron chi connectivity index (χ1n) is 14.1. The third kappa shape index (κ3) is 7.02. The highest BCUT2D eigenvalue weighted by atomic mass is 35.5. The number of sulfonamides is 1. The Morgan fingerprint density at radius 1 is 1.00 bits per heavy atom. The molecule has 3 aliphatic rings. The van der Waals surface area contributed by atoms with E-state index in [2.05, 4.69) is 4.72 Å². The number of benzene rings is 2. The van der Waals surface area contributed by atoms with E-state index in [0.717, 1.165) is 17.2 Å². The molecule has 10 nitrogen and oxygen atoms in total. The Kier molecular flexibility index (Phi) is 9.49. The number of hydrogen-bond acceptors (Lipinski definition) is 5. The molecule has 4 atom stereocenters. The van der Waals surface area contributed by atoms with Gasteiger partial charge < -0.3 is 31.6 Å². The summed E-state index contributed by atoms with van der Waals surface area (Å²) in [5.41, 5.74) is 0. The van der Waals surface area contributed by atoms with Gasteiger partial charge in [-0.05, 0) is 66.6 Å². The SMILES string of the molecule is C[C@@H](C(=O)N1C[C@@H]2C[C@@H](CN(C(=O)C[N+](C)(C)C)C2)C1)N1CC[C@H](NS(=O)(=O)c2ccc3cc(Cl)ccc3c2)C1=O.[Cl-]. The van der Waals surface area contributed by atoms with Crippen LogP contribution in [0.3, 0.4) is 0 Å². The fraction of sp³-hybridized carbons (Fsp3) is 0.552. The number of rotatable bonds is 7. The van der Waals surface area contributed by atoms with E-state index in [0.29, 0.717) is 48.8 Å². The van der Waals surface area contributed by atoms with Crippen LogP contribution in [0.15, 0.2) is 41.3 Å². The molecule has 230 valence electrons. The summed E-state index contributed by atoms with van der Waals surface area (Å²) in [6.07, 6.45) is 1.27. The molecule has 0 unspecified atom stereocenters. The minimum Gasteiger partial charge on any atom is -1.00 e. The number of likely N-dealkylation sites (tertiary alicyclic amines) is 3. The summed E-state index contributed by atoms with van der Waals surface area (Å²) in [6.45, 7) is 4.84. The van der Waals surface area contributed by atoms with Gasteiger partial charge in [-0.15, -0.1) is 0 Å². The van der Waals surface area contributed by atoms with Gasteiger partial charge in [-0.2, -0.15) is 4.72 Å². The standard InChI is InChI=1S/C29H39ClN5O5S.ClH/c1-19(28(37)33-16-20-11-21(17-33)15-32(14-20)27(36)18-35(2,3)4)34-10-9-26(29(34)38)31-41(39,40)25-8-6-22-12-24(30)7-5-23(22)13-25;/h5-8,12-13,19-21,26,31H,9-11,14-18H2,1-4H3;1H/q+1;/p-1/t19-,20-,21+,26-;/m0./s1. The fourth-order valence-electron chi connectivity index (χ4n) is 6.38. The summed E-state index contributed by atoms with van der Waals surface area (Å²) in [6, 6.07) is 8.32. The van der Waals surface area contributed by atoms with Gasteiger partial charge >= 0.3 is 0 Å². The van der Waals surface area contributed by atoms with Crippen LogP contribution in [-0.2, 0) is 24.4 Å². The van der Waals surface area contributed by atoms with Crippen molar-refractivity contribution in [3.8, 4) is 0 Å². The quantitative estimate of drug-likeness (QED) is 0.382. The number of quaternary nitrogens is 1. The number of carbonyl (C=O) groups excluding carboxylic acids is 3. The van der Waals surface area contributed by atoms with Crippen molar-refractivity contribution in [2.45, 2.75) is 36.7 Å². The molecule has 3 fully saturated rings. The Morgan fingerprint density at radius 2 is 1.60 bits per heavy atom. The molecule has 5 rings (SSSR count). The average molecular weight is 641 g/mol. The topological polar surface area (TPSA) is 107 Å². The largest absolute Gasteiger partial charge is 1.00 e. The van der Waals surface area contributed by atoms with Crippen LogP contribution in [0, 0.1) is 11.8 Å². The Bertz CT molecular complexity index is 1470. The van der Waals surface area contributed by atoms with Crippen LogP contribution in [0.25, 0.3) is 10.8 Å². The maximum Gasteiger partial charge on any atom is 0.277 e. The molecule has 3 aliphatic heterocycles. The average Bonchev–Trinajstić information content (AvgIpc) is 3.24. The molecule has 42 heavy (non-hydrogen) atoms. The molecule has 1 N–H and O–H groups in total. The molecule has 3 amide bonds. The second-order valence-electron chi connectivity index (χ2n) is 12.8. The molecule has 3 saturated heterocycles. The monoisotopic (exact) mass is 639 g/mol. The van der Waals surface area contributed by atoms with Crippen molar-refractivity contribution in [3.05, 3.63) is 41.4 Å². The summed E-state index contributed by atoms with van der Waals surface area (Å²) >= 11 is 6.03. The van der Waals surface area contributed by atoms with E-state index in [1.54, 1.807) is 37.3 Å². The Hall–Kier alpha value is -2.44. The lowest BCUT2D eigenvalue weighted by Crippen LogP contribution is -3.00. The first-order chi connectivity index (χ1) is 19.2. The van der Waals surface area contributed by atoms with Crippen LogP contribution in [0.1, 0.15) is 19.8 Å². The minimum atomic E-state index is -3.96. The maximum absolute atomic E-state index is 13.5. The molecule has 0 spiro atoms. The van der Waals surface area contributed by atoms with Crippen molar-refractivity contribution in [2.24, 2.45) is 11.8 Å². The summed E-state index contributed by atoms with van der Waals surface area (Å²) in [7, 11) is 2.04. The van der Waals surface area contributed by atoms with E-state index in [1.165, 1.54) is 11.0 Å². The van der Waals surface area contributed by atoms with Gasteiger partial charge in [-0.3, -0.25) is 14.4 Å². The van der Waals surface area contributed by atoms with Crippen molar-refractivity contribution in [1.29, 1.82) is 0 Å². The Morgan fingerprint density at radius 3 is 2.24 bits per heavy atom. The number of halogens is 2. The number of fused-ring (bicyclic) bond motifs is 3. The Labute approximate surface area is 259 Å². The number of piperidine rings is 2. The third-order valence-electron chi connectivity index (χ3n) is 8.30. The van der Waals surface area contributed by atoms with Gasteiger partial charge in [0.15, 0.2) is 6.54 Å². The third-order valence-corrected chi connectivity index (χ3v) is 10.0. The van der Waals surface area contributed by atoms with E-state index in [-0.39, 0.29) is 47.4 Å². The molecule has 0 radical (unpaired) electrons. The predicted molar refractivity (Wildman–Crippen MR) is 157 cm³/mol. The van der Waals surface area contributed by atoms with E-state index in [1.807, 2.05) is 30.9 Å². The van der Waals surface area contributed by atoms with Crippen molar-refractivity contribution in [1.82, 2.24) is 19.4 Å². The lowest BCUT2D eigenvalue weighted by Gasteiger charge is -2.47. The van der Waals surface area contributed by atoms with Gasteiger partial charge in [0, 0.05) is 37.7 Å². The number of nitrogens with one attached hydrogen (secondary N) is 1. The fourth-order valence-corrected chi connectivity index (χ4v) is 7.82. The molecule has 0 aromatic heterocycles. The smallest absolute Gasteiger partial charge is 0.277 e. The van der Waals surface area contributed by atoms with Crippen LogP contribution >= 0.6 is 11.6 Å². The lowest BCUT2D eigenvalue weighted by molar-refractivity contribution is -0.862. The van der Waals surface area contributed by atoms with Crippen LogP contribution < -0.4 is 17.1 Å². The molecule has 2 aromatic rings. The Balaban J connectivity index is 0.00000405. The lowest BCUT2D eigenvalue weighted by atomic mass is 9.84. The molecule has 2 aromatic carbocycles. The van der Waals surface area contributed by atoms with Crippen molar-refractivity contribution in [2.75, 3.05) is 60.4 Å². The zero-order valence-corrected chi connectivity index (χ0v) is 26.8. The van der Waals surface area contributed by atoms with Gasteiger partial charge in [0.05, 0.1) is 26.0 Å². The highest BCUT2D eigenvalue weighted by Gasteiger charge is 2.43. The second-order valence-corrected chi connectivity index (χ2v) is 14.9. The number of hydrogen-bond donors (Lipinski definition) is 1.